The summed E-state index contributed by atoms with van der Waals surface area (Å²) in [7, 11) is 1.96. The molecule has 0 spiro atoms. The molecular weight excluding hydrogens is 242 g/mol. The van der Waals surface area contributed by atoms with Crippen LogP contribution in [0.4, 0.5) is 5.69 Å². The smallest absolute Gasteiger partial charge is 0.301 e. The molecular formula is C14H17N3O2. The third-order valence-electron chi connectivity index (χ3n) is 2.93. The summed E-state index contributed by atoms with van der Waals surface area (Å²) in [5.74, 6) is 4.95. The van der Waals surface area contributed by atoms with Crippen LogP contribution in [-0.2, 0) is 6.54 Å². The summed E-state index contributed by atoms with van der Waals surface area (Å²) in [6, 6.07) is 9.93. The van der Waals surface area contributed by atoms with Crippen LogP contribution in [-0.4, -0.2) is 13.0 Å². The Morgan fingerprint density at radius 1 is 1.42 bits per heavy atom. The molecule has 1 heterocycles. The van der Waals surface area contributed by atoms with Gasteiger partial charge in [-0.3, -0.25) is 10.2 Å². The molecule has 0 aliphatic carbocycles. The number of furan rings is 1. The molecule has 1 amide bonds. The molecule has 0 aliphatic rings. The number of nitrogens with zero attached hydrogens (tertiary/aromatic N) is 1. The lowest BCUT2D eigenvalue weighted by molar-refractivity contribution is 0.0924. The monoisotopic (exact) mass is 259 g/mol. The Labute approximate surface area is 112 Å². The number of rotatable bonds is 4. The van der Waals surface area contributed by atoms with E-state index in [4.69, 9.17) is 10.3 Å². The van der Waals surface area contributed by atoms with Crippen molar-refractivity contribution in [3.8, 4) is 0 Å². The highest BCUT2D eigenvalue weighted by molar-refractivity contribution is 5.92. The number of nitrogen functional groups attached to an aromatic ring is 1. The molecule has 100 valence electrons. The molecule has 1 aromatic carbocycles. The van der Waals surface area contributed by atoms with E-state index in [1.165, 1.54) is 11.8 Å². The van der Waals surface area contributed by atoms with Crippen molar-refractivity contribution >= 4 is 11.6 Å². The average Bonchev–Trinajstić information content (AvgIpc) is 2.86. The van der Waals surface area contributed by atoms with Crippen molar-refractivity contribution in [2.45, 2.75) is 13.5 Å². The van der Waals surface area contributed by atoms with Gasteiger partial charge in [-0.05, 0) is 30.7 Å². The van der Waals surface area contributed by atoms with E-state index >= 15 is 0 Å². The molecule has 3 N–H and O–H groups in total. The molecule has 2 rings (SSSR count). The van der Waals surface area contributed by atoms with Gasteiger partial charge in [-0.2, -0.15) is 0 Å². The largest absolute Gasteiger partial charge is 0.459 e. The quantitative estimate of drug-likeness (QED) is 0.499. The highest BCUT2D eigenvalue weighted by Crippen LogP contribution is 2.19. The Bertz CT molecular complexity index is 578. The number of hydrazine groups is 1. The Balaban J connectivity index is 2.17. The van der Waals surface area contributed by atoms with Gasteiger partial charge in [0.1, 0.15) is 0 Å². The zero-order valence-corrected chi connectivity index (χ0v) is 11.0. The minimum absolute atomic E-state index is 0.252. The Kier molecular flexibility index (Phi) is 3.87. The number of nitrogens with one attached hydrogen (secondary N) is 1. The second-order valence-corrected chi connectivity index (χ2v) is 4.44. The average molecular weight is 259 g/mol. The Morgan fingerprint density at radius 3 is 2.89 bits per heavy atom. The fraction of sp³-hybridized carbons (Fsp3) is 0.214. The SMILES string of the molecule is Cc1cccc(N(C)Cc2ccoc2C(=O)NN)c1. The lowest BCUT2D eigenvalue weighted by atomic mass is 10.2. The number of hydrogen-bond donors (Lipinski definition) is 2. The first kappa shape index (κ1) is 13.2. The van der Waals surface area contributed by atoms with Gasteiger partial charge in [-0.15, -0.1) is 0 Å². The normalized spacial score (nSPS) is 10.3. The minimum Gasteiger partial charge on any atom is -0.459 e. The Hall–Kier alpha value is -2.27. The van der Waals surface area contributed by atoms with Gasteiger partial charge in [0.2, 0.25) is 0 Å². The van der Waals surface area contributed by atoms with Crippen LogP contribution in [0.15, 0.2) is 41.0 Å². The molecule has 0 bridgehead atoms. The van der Waals surface area contributed by atoms with Gasteiger partial charge in [0.15, 0.2) is 5.76 Å². The molecule has 0 saturated heterocycles. The third-order valence-corrected chi connectivity index (χ3v) is 2.93. The zero-order valence-electron chi connectivity index (χ0n) is 11.0. The summed E-state index contributed by atoms with van der Waals surface area (Å²) in [5, 5.41) is 0. The molecule has 5 nitrogen and oxygen atoms in total. The third kappa shape index (κ3) is 2.95. The molecule has 0 saturated carbocycles. The molecule has 19 heavy (non-hydrogen) atoms. The summed E-state index contributed by atoms with van der Waals surface area (Å²) in [6.45, 7) is 2.62. The number of carbonyl (C=O) groups excluding carboxylic acids is 1. The maximum absolute atomic E-state index is 11.5. The predicted octanol–water partition coefficient (Wildman–Crippen LogP) is 1.83. The van der Waals surface area contributed by atoms with E-state index in [2.05, 4.69) is 11.5 Å². The fourth-order valence-corrected chi connectivity index (χ4v) is 1.94. The fourth-order valence-electron chi connectivity index (χ4n) is 1.94. The van der Waals surface area contributed by atoms with Crippen molar-refractivity contribution in [2.75, 3.05) is 11.9 Å². The van der Waals surface area contributed by atoms with E-state index in [0.29, 0.717) is 6.54 Å². The van der Waals surface area contributed by atoms with Crippen LogP contribution < -0.4 is 16.2 Å². The highest BCUT2D eigenvalue weighted by atomic mass is 16.3. The van der Waals surface area contributed by atoms with Crippen LogP contribution in [0, 0.1) is 6.92 Å². The van der Waals surface area contributed by atoms with E-state index in [1.54, 1.807) is 6.07 Å². The molecule has 0 radical (unpaired) electrons. The van der Waals surface area contributed by atoms with Gasteiger partial charge in [0.05, 0.1) is 6.26 Å². The number of anilines is 1. The summed E-state index contributed by atoms with van der Waals surface area (Å²) < 4.78 is 5.16. The molecule has 0 atom stereocenters. The number of carbonyl (C=O) groups is 1. The molecule has 0 aliphatic heterocycles. The topological polar surface area (TPSA) is 71.5 Å². The first-order valence-electron chi connectivity index (χ1n) is 5.97. The van der Waals surface area contributed by atoms with Crippen molar-refractivity contribution in [2.24, 2.45) is 5.84 Å². The van der Waals surface area contributed by atoms with Gasteiger partial charge >= 0.3 is 5.91 Å². The number of amides is 1. The predicted molar refractivity (Wildman–Crippen MR) is 73.6 cm³/mol. The van der Waals surface area contributed by atoms with Gasteiger partial charge in [-0.1, -0.05) is 12.1 Å². The van der Waals surface area contributed by atoms with Gasteiger partial charge in [0.25, 0.3) is 0 Å². The van der Waals surface area contributed by atoms with E-state index in [-0.39, 0.29) is 5.76 Å². The van der Waals surface area contributed by atoms with Gasteiger partial charge in [-0.25, -0.2) is 5.84 Å². The van der Waals surface area contributed by atoms with Crippen molar-refractivity contribution < 1.29 is 9.21 Å². The van der Waals surface area contributed by atoms with E-state index in [9.17, 15) is 4.79 Å². The summed E-state index contributed by atoms with van der Waals surface area (Å²) in [5.41, 5.74) is 5.15. The zero-order chi connectivity index (χ0) is 13.8. The number of nitrogens with two attached hydrogens (primary N) is 1. The van der Waals surface area contributed by atoms with Crippen LogP contribution in [0.2, 0.25) is 0 Å². The van der Waals surface area contributed by atoms with Crippen LogP contribution in [0.5, 0.6) is 0 Å². The van der Waals surface area contributed by atoms with Gasteiger partial charge in [0, 0.05) is 24.8 Å². The van der Waals surface area contributed by atoms with Crippen LogP contribution in [0.25, 0.3) is 0 Å². The first-order chi connectivity index (χ1) is 9.11. The molecule has 5 heteroatoms. The van der Waals surface area contributed by atoms with Crippen molar-refractivity contribution in [3.63, 3.8) is 0 Å². The maximum atomic E-state index is 11.5. The van der Waals surface area contributed by atoms with Crippen LogP contribution >= 0.6 is 0 Å². The lowest BCUT2D eigenvalue weighted by Gasteiger charge is -2.19. The van der Waals surface area contributed by atoms with E-state index in [0.717, 1.165) is 11.3 Å². The molecule has 2 aromatic rings. The first-order valence-corrected chi connectivity index (χ1v) is 5.97. The van der Waals surface area contributed by atoms with Crippen molar-refractivity contribution in [3.05, 3.63) is 53.5 Å². The molecule has 0 fully saturated rings. The maximum Gasteiger partial charge on any atom is 0.301 e. The second kappa shape index (κ2) is 5.58. The highest BCUT2D eigenvalue weighted by Gasteiger charge is 2.15. The lowest BCUT2D eigenvalue weighted by Crippen LogP contribution is -2.31. The minimum atomic E-state index is -0.419. The van der Waals surface area contributed by atoms with Gasteiger partial charge < -0.3 is 9.32 Å². The molecule has 1 aromatic heterocycles. The Morgan fingerprint density at radius 2 is 2.21 bits per heavy atom. The van der Waals surface area contributed by atoms with Crippen molar-refractivity contribution in [1.29, 1.82) is 0 Å². The van der Waals surface area contributed by atoms with E-state index < -0.39 is 5.91 Å². The van der Waals surface area contributed by atoms with Crippen molar-refractivity contribution in [1.82, 2.24) is 5.43 Å². The number of aryl methyl sites for hydroxylation is 1. The summed E-state index contributed by atoms with van der Waals surface area (Å²) in [6.07, 6.45) is 1.49. The summed E-state index contributed by atoms with van der Waals surface area (Å²) >= 11 is 0. The molecule has 0 unspecified atom stereocenters. The standard InChI is InChI=1S/C14H17N3O2/c1-10-4-3-5-12(8-10)17(2)9-11-6-7-19-13(11)14(18)16-15/h3-8H,9,15H2,1-2H3,(H,16,18). The second-order valence-electron chi connectivity index (χ2n) is 4.44. The van der Waals surface area contributed by atoms with E-state index in [1.807, 2.05) is 37.1 Å². The van der Waals surface area contributed by atoms with Crippen LogP contribution in [0.3, 0.4) is 0 Å². The summed E-state index contributed by atoms with van der Waals surface area (Å²) in [4.78, 5) is 13.6. The van der Waals surface area contributed by atoms with Crippen LogP contribution in [0.1, 0.15) is 21.7 Å². The number of benzene rings is 1. The number of hydrogen-bond acceptors (Lipinski definition) is 4.